The average Bonchev–Trinajstić information content (AvgIpc) is 3.43. The first kappa shape index (κ1) is 22.7. The number of carbonyl (C=O) groups excluding carboxylic acids is 1. The average molecular weight is 467 g/mol. The number of carbonyl (C=O) groups is 1. The lowest BCUT2D eigenvalue weighted by atomic mass is 9.97. The minimum absolute atomic E-state index is 0.0101. The van der Waals surface area contributed by atoms with Crippen LogP contribution in [-0.2, 0) is 6.54 Å². The third kappa shape index (κ3) is 5.38. The Bertz CT molecular complexity index is 1240. The number of methoxy groups -OCH3 is 1. The van der Waals surface area contributed by atoms with Gasteiger partial charge in [-0.05, 0) is 65.9 Å². The molecule has 5 rings (SSSR count). The Balaban J connectivity index is 1.22. The van der Waals surface area contributed by atoms with Crippen LogP contribution in [0.1, 0.15) is 28.8 Å². The van der Waals surface area contributed by atoms with E-state index in [1.54, 1.807) is 13.3 Å². The second kappa shape index (κ2) is 10.5. The maximum absolute atomic E-state index is 13.3. The third-order valence-electron chi connectivity index (χ3n) is 6.61. The SMILES string of the molecule is COc1ccc(N2CCC(NC(=O)c3ccccc3-c3ccc(Cn4cccn4)cc3)CC2)cc1. The van der Waals surface area contributed by atoms with Crippen LogP contribution in [0.5, 0.6) is 5.75 Å². The summed E-state index contributed by atoms with van der Waals surface area (Å²) in [5.74, 6) is 0.853. The number of nitrogens with one attached hydrogen (secondary N) is 1. The summed E-state index contributed by atoms with van der Waals surface area (Å²) in [5, 5.41) is 7.55. The number of anilines is 1. The van der Waals surface area contributed by atoms with E-state index in [9.17, 15) is 4.79 Å². The zero-order chi connectivity index (χ0) is 24.0. The van der Waals surface area contributed by atoms with Gasteiger partial charge in [-0.1, -0.05) is 42.5 Å². The first-order valence-electron chi connectivity index (χ1n) is 12.1. The summed E-state index contributed by atoms with van der Waals surface area (Å²) >= 11 is 0. The van der Waals surface area contributed by atoms with Crippen LogP contribution >= 0.6 is 0 Å². The number of rotatable bonds is 7. The van der Waals surface area contributed by atoms with Crippen molar-refractivity contribution in [2.24, 2.45) is 0 Å². The van der Waals surface area contributed by atoms with Gasteiger partial charge >= 0.3 is 0 Å². The normalized spacial score (nSPS) is 14.0. The Kier molecular flexibility index (Phi) is 6.80. The van der Waals surface area contributed by atoms with Crippen LogP contribution in [0.15, 0.2) is 91.3 Å². The van der Waals surface area contributed by atoms with Crippen molar-refractivity contribution in [3.05, 3.63) is 102 Å². The Labute approximate surface area is 206 Å². The highest BCUT2D eigenvalue weighted by Crippen LogP contribution is 2.26. The van der Waals surface area contributed by atoms with Gasteiger partial charge in [-0.25, -0.2) is 0 Å². The number of nitrogens with zero attached hydrogens (tertiary/aromatic N) is 3. The molecule has 1 amide bonds. The predicted octanol–water partition coefficient (Wildman–Crippen LogP) is 5.01. The fourth-order valence-corrected chi connectivity index (χ4v) is 4.64. The van der Waals surface area contributed by atoms with Gasteiger partial charge in [0.1, 0.15) is 5.75 Å². The second-order valence-corrected chi connectivity index (χ2v) is 8.88. The van der Waals surface area contributed by atoms with Gasteiger partial charge in [0, 0.05) is 42.8 Å². The number of aromatic nitrogens is 2. The van der Waals surface area contributed by atoms with Gasteiger partial charge in [-0.15, -0.1) is 0 Å². The number of ether oxygens (including phenoxy) is 1. The lowest BCUT2D eigenvalue weighted by molar-refractivity contribution is 0.0932. The lowest BCUT2D eigenvalue weighted by Gasteiger charge is -2.34. The highest BCUT2D eigenvalue weighted by atomic mass is 16.5. The fraction of sp³-hybridized carbons (Fsp3) is 0.241. The van der Waals surface area contributed by atoms with Gasteiger partial charge in [0.15, 0.2) is 0 Å². The van der Waals surface area contributed by atoms with Crippen LogP contribution in [0.4, 0.5) is 5.69 Å². The topological polar surface area (TPSA) is 59.4 Å². The molecule has 1 N–H and O–H groups in total. The van der Waals surface area contributed by atoms with Crippen LogP contribution in [0.25, 0.3) is 11.1 Å². The molecule has 1 aliphatic rings. The van der Waals surface area contributed by atoms with E-state index in [1.807, 2.05) is 53.3 Å². The van der Waals surface area contributed by atoms with E-state index in [4.69, 9.17) is 4.74 Å². The molecule has 0 aliphatic carbocycles. The summed E-state index contributed by atoms with van der Waals surface area (Å²) < 4.78 is 7.16. The van der Waals surface area contributed by atoms with Crippen molar-refractivity contribution in [3.8, 4) is 16.9 Å². The highest BCUT2D eigenvalue weighted by molar-refractivity contribution is 6.01. The van der Waals surface area contributed by atoms with Crippen LogP contribution in [0.3, 0.4) is 0 Å². The molecule has 0 atom stereocenters. The zero-order valence-corrected chi connectivity index (χ0v) is 19.9. The fourth-order valence-electron chi connectivity index (χ4n) is 4.64. The third-order valence-corrected chi connectivity index (χ3v) is 6.61. The van der Waals surface area contributed by atoms with Crippen molar-refractivity contribution in [2.75, 3.05) is 25.1 Å². The molecule has 0 radical (unpaired) electrons. The second-order valence-electron chi connectivity index (χ2n) is 8.88. The maximum Gasteiger partial charge on any atom is 0.252 e. The van der Waals surface area contributed by atoms with Crippen molar-refractivity contribution >= 4 is 11.6 Å². The van der Waals surface area contributed by atoms with Gasteiger partial charge in [0.25, 0.3) is 5.91 Å². The maximum atomic E-state index is 13.3. The molecule has 178 valence electrons. The van der Waals surface area contributed by atoms with E-state index >= 15 is 0 Å². The van der Waals surface area contributed by atoms with E-state index in [1.165, 1.54) is 11.3 Å². The number of amides is 1. The van der Waals surface area contributed by atoms with Gasteiger partial charge in [-0.2, -0.15) is 5.10 Å². The van der Waals surface area contributed by atoms with Crippen molar-refractivity contribution in [3.63, 3.8) is 0 Å². The van der Waals surface area contributed by atoms with E-state index in [0.29, 0.717) is 5.56 Å². The Morgan fingerprint density at radius 3 is 2.40 bits per heavy atom. The van der Waals surface area contributed by atoms with E-state index in [0.717, 1.165) is 49.4 Å². The van der Waals surface area contributed by atoms with Crippen molar-refractivity contribution < 1.29 is 9.53 Å². The molecule has 0 spiro atoms. The molecular formula is C29H30N4O2. The van der Waals surface area contributed by atoms with Crippen LogP contribution < -0.4 is 15.0 Å². The molecule has 1 aliphatic heterocycles. The quantitative estimate of drug-likeness (QED) is 0.416. The lowest BCUT2D eigenvalue weighted by Crippen LogP contribution is -2.44. The van der Waals surface area contributed by atoms with Gasteiger partial charge < -0.3 is 15.0 Å². The van der Waals surface area contributed by atoms with Gasteiger partial charge in [-0.3, -0.25) is 9.48 Å². The molecule has 35 heavy (non-hydrogen) atoms. The molecule has 0 saturated carbocycles. The Hall–Kier alpha value is -4.06. The van der Waals surface area contributed by atoms with Crippen molar-refractivity contribution in [1.29, 1.82) is 0 Å². The summed E-state index contributed by atoms with van der Waals surface area (Å²) in [6.45, 7) is 2.55. The van der Waals surface area contributed by atoms with Crippen molar-refractivity contribution in [1.82, 2.24) is 15.1 Å². The van der Waals surface area contributed by atoms with Gasteiger partial charge in [0.05, 0.1) is 13.7 Å². The number of piperidine rings is 1. The number of hydrogen-bond donors (Lipinski definition) is 1. The molecule has 0 bridgehead atoms. The standard InChI is InChI=1S/C29H30N4O2/c1-35-26-13-11-25(12-14-26)32-19-15-24(16-20-32)31-29(34)28-6-3-2-5-27(28)23-9-7-22(8-10-23)21-33-18-4-17-30-33/h2-14,17-18,24H,15-16,19-21H2,1H3,(H,31,34). The smallest absolute Gasteiger partial charge is 0.252 e. The Morgan fingerprint density at radius 1 is 0.971 bits per heavy atom. The monoisotopic (exact) mass is 466 g/mol. The molecule has 4 aromatic rings. The molecule has 1 fully saturated rings. The molecule has 6 heteroatoms. The summed E-state index contributed by atoms with van der Waals surface area (Å²) in [6.07, 6.45) is 5.57. The first-order chi connectivity index (χ1) is 17.2. The minimum Gasteiger partial charge on any atom is -0.497 e. The van der Waals surface area contributed by atoms with E-state index in [2.05, 4.69) is 51.7 Å². The Morgan fingerprint density at radius 2 is 1.71 bits per heavy atom. The predicted molar refractivity (Wildman–Crippen MR) is 139 cm³/mol. The molecule has 1 aromatic heterocycles. The van der Waals surface area contributed by atoms with E-state index < -0.39 is 0 Å². The molecule has 6 nitrogen and oxygen atoms in total. The molecular weight excluding hydrogens is 436 g/mol. The molecule has 2 heterocycles. The van der Waals surface area contributed by atoms with Gasteiger partial charge in [0.2, 0.25) is 0 Å². The highest BCUT2D eigenvalue weighted by Gasteiger charge is 2.22. The summed E-state index contributed by atoms with van der Waals surface area (Å²) in [4.78, 5) is 15.6. The molecule has 3 aromatic carbocycles. The van der Waals surface area contributed by atoms with E-state index in [-0.39, 0.29) is 11.9 Å². The van der Waals surface area contributed by atoms with Crippen molar-refractivity contribution in [2.45, 2.75) is 25.4 Å². The zero-order valence-electron chi connectivity index (χ0n) is 19.9. The largest absolute Gasteiger partial charge is 0.497 e. The molecule has 0 unspecified atom stereocenters. The van der Waals surface area contributed by atoms with Crippen LogP contribution in [-0.4, -0.2) is 41.9 Å². The van der Waals surface area contributed by atoms with Crippen LogP contribution in [0, 0.1) is 0 Å². The summed E-state index contributed by atoms with van der Waals surface area (Å²) in [6, 6.07) is 26.5. The number of hydrogen-bond acceptors (Lipinski definition) is 4. The summed E-state index contributed by atoms with van der Waals surface area (Å²) in [5.41, 5.74) is 5.06. The first-order valence-corrected chi connectivity index (χ1v) is 12.1. The molecule has 1 saturated heterocycles. The van der Waals surface area contributed by atoms with Crippen LogP contribution in [0.2, 0.25) is 0 Å². The number of benzene rings is 3. The minimum atomic E-state index is -0.0101. The summed E-state index contributed by atoms with van der Waals surface area (Å²) in [7, 11) is 1.68.